The van der Waals surface area contributed by atoms with Crippen LogP contribution in [0, 0.1) is 0 Å². The van der Waals surface area contributed by atoms with Crippen molar-refractivity contribution >= 4 is 27.0 Å². The molecule has 6 heteroatoms. The second-order valence-electron chi connectivity index (χ2n) is 4.08. The number of ketones is 1. The van der Waals surface area contributed by atoms with Gasteiger partial charge in [0.25, 0.3) is 0 Å². The molecule has 1 rings (SSSR count). The first kappa shape index (κ1) is 20.3. The number of carbonyl (C=O) groups is 3. The van der Waals surface area contributed by atoms with Gasteiger partial charge in [-0.1, -0.05) is 19.1 Å². The predicted octanol–water partition coefficient (Wildman–Crippen LogP) is 2.88. The smallest absolute Gasteiger partial charge is 0.338 e. The first-order valence-corrected chi connectivity index (χ1v) is 7.98. The van der Waals surface area contributed by atoms with Crippen LogP contribution >= 0.6 is 9.24 Å². The molecule has 0 saturated carbocycles. The maximum absolute atomic E-state index is 11.5. The van der Waals surface area contributed by atoms with Crippen LogP contribution in [0.3, 0.4) is 0 Å². The summed E-state index contributed by atoms with van der Waals surface area (Å²) in [5, 5.41) is 0. The van der Waals surface area contributed by atoms with E-state index >= 15 is 0 Å². The Morgan fingerprint density at radius 3 is 1.55 bits per heavy atom. The molecule has 0 N–H and O–H groups in total. The van der Waals surface area contributed by atoms with Crippen molar-refractivity contribution in [3.05, 3.63) is 35.4 Å². The molecular formula is C16H23O5P. The quantitative estimate of drug-likeness (QED) is 0.594. The van der Waals surface area contributed by atoms with Crippen LogP contribution < -0.4 is 0 Å². The molecule has 1 aromatic carbocycles. The van der Waals surface area contributed by atoms with E-state index in [1.54, 1.807) is 38.1 Å². The molecule has 122 valence electrons. The second kappa shape index (κ2) is 11.9. The highest BCUT2D eigenvalue weighted by Gasteiger charge is 2.17. The molecule has 0 saturated heterocycles. The van der Waals surface area contributed by atoms with E-state index in [4.69, 9.17) is 9.47 Å². The number of benzene rings is 1. The Bertz CT molecular complexity index is 456. The number of esters is 2. The molecule has 1 unspecified atom stereocenters. The predicted molar refractivity (Wildman–Crippen MR) is 88.2 cm³/mol. The van der Waals surface area contributed by atoms with Gasteiger partial charge in [0.15, 0.2) is 0 Å². The van der Waals surface area contributed by atoms with Crippen LogP contribution in [0.2, 0.25) is 0 Å². The summed E-state index contributed by atoms with van der Waals surface area (Å²) in [6.45, 7) is 5.84. The molecule has 0 heterocycles. The third kappa shape index (κ3) is 7.32. The van der Waals surface area contributed by atoms with E-state index in [0.717, 1.165) is 0 Å². The highest BCUT2D eigenvalue weighted by atomic mass is 31.0. The molecule has 0 amide bonds. The van der Waals surface area contributed by atoms with Gasteiger partial charge in [-0.15, -0.1) is 9.24 Å². The zero-order valence-electron chi connectivity index (χ0n) is 13.3. The van der Waals surface area contributed by atoms with Crippen LogP contribution in [0.5, 0.6) is 0 Å². The van der Waals surface area contributed by atoms with Gasteiger partial charge in [0, 0.05) is 12.6 Å². The average Bonchev–Trinajstić information content (AvgIpc) is 2.55. The highest BCUT2D eigenvalue weighted by molar-refractivity contribution is 7.18. The largest absolute Gasteiger partial charge is 0.462 e. The van der Waals surface area contributed by atoms with Crippen molar-refractivity contribution in [1.29, 1.82) is 0 Å². The summed E-state index contributed by atoms with van der Waals surface area (Å²) in [6, 6.07) is 6.44. The maximum atomic E-state index is 11.5. The van der Waals surface area contributed by atoms with Crippen LogP contribution in [0.25, 0.3) is 0 Å². The van der Waals surface area contributed by atoms with Crippen molar-refractivity contribution in [2.75, 3.05) is 19.4 Å². The van der Waals surface area contributed by atoms with Gasteiger partial charge >= 0.3 is 11.9 Å². The number of hydrogen-bond acceptors (Lipinski definition) is 5. The van der Waals surface area contributed by atoms with Crippen molar-refractivity contribution in [2.45, 2.75) is 27.2 Å². The summed E-state index contributed by atoms with van der Waals surface area (Å²) in [6.07, 6.45) is 1.28. The molecule has 0 aromatic heterocycles. The second-order valence-corrected chi connectivity index (χ2v) is 4.49. The molecule has 0 bridgehead atoms. The fourth-order valence-electron chi connectivity index (χ4n) is 1.40. The van der Waals surface area contributed by atoms with E-state index in [1.165, 1.54) is 0 Å². The molecular weight excluding hydrogens is 303 g/mol. The number of Topliss-reactive ketones (excluding diaryl/α,β-unsaturated/α-hetero) is 1. The number of ether oxygens (including phenoxy) is 2. The summed E-state index contributed by atoms with van der Waals surface area (Å²) in [4.78, 5) is 33.2. The van der Waals surface area contributed by atoms with Crippen molar-refractivity contribution in [1.82, 2.24) is 0 Å². The third-order valence-corrected chi connectivity index (χ3v) is 3.00. The Balaban J connectivity index is 0.000000626. The minimum atomic E-state index is -0.508. The third-order valence-electron chi connectivity index (χ3n) is 2.54. The Morgan fingerprint density at radius 2 is 1.32 bits per heavy atom. The lowest BCUT2D eigenvalue weighted by Crippen LogP contribution is -2.13. The fourth-order valence-corrected chi connectivity index (χ4v) is 1.69. The van der Waals surface area contributed by atoms with Crippen molar-refractivity contribution in [3.8, 4) is 0 Å². The lowest BCUT2D eigenvalue weighted by molar-refractivity contribution is -0.116. The molecule has 1 atom stereocenters. The summed E-state index contributed by atoms with van der Waals surface area (Å²) in [5.74, 6) is -0.711. The molecule has 1 aromatic rings. The number of hydrogen-bond donors (Lipinski definition) is 0. The summed E-state index contributed by atoms with van der Waals surface area (Å²) < 4.78 is 9.70. The molecule has 0 aliphatic heterocycles. The Morgan fingerprint density at radius 1 is 0.909 bits per heavy atom. The lowest BCUT2D eigenvalue weighted by atomic mass is 10.1. The highest BCUT2D eigenvalue weighted by Crippen LogP contribution is 2.11. The van der Waals surface area contributed by atoms with E-state index in [0.29, 0.717) is 18.4 Å². The zero-order valence-corrected chi connectivity index (χ0v) is 14.4. The van der Waals surface area contributed by atoms with Crippen LogP contribution in [0.1, 0.15) is 47.9 Å². The Labute approximate surface area is 133 Å². The van der Waals surface area contributed by atoms with E-state index in [1.807, 2.05) is 6.92 Å². The standard InChI is InChI=1S/C12H14O4.C4H9OP/c1-3-15-11(13)9-7-5-6-8-10(9)12(14)16-4-2;1-2-4(5)3-6/h5-8H,3-4H2,1-2H3;2-3,6H2,1H3. The summed E-state index contributed by atoms with van der Waals surface area (Å²) in [5.41, 5.74) is 0.477. The Kier molecular flexibility index (Phi) is 10.9. The van der Waals surface area contributed by atoms with E-state index < -0.39 is 11.9 Å². The number of carbonyl (C=O) groups excluding carboxylic acids is 3. The monoisotopic (exact) mass is 326 g/mol. The molecule has 0 spiro atoms. The van der Waals surface area contributed by atoms with Gasteiger partial charge in [0.2, 0.25) is 0 Å². The summed E-state index contributed by atoms with van der Waals surface area (Å²) in [7, 11) is 2.39. The van der Waals surface area contributed by atoms with E-state index in [-0.39, 0.29) is 24.3 Å². The van der Waals surface area contributed by atoms with Crippen LogP contribution in [0.15, 0.2) is 24.3 Å². The van der Waals surface area contributed by atoms with Gasteiger partial charge in [-0.2, -0.15) is 0 Å². The first-order valence-electron chi connectivity index (χ1n) is 7.16. The van der Waals surface area contributed by atoms with Crippen molar-refractivity contribution in [2.24, 2.45) is 0 Å². The van der Waals surface area contributed by atoms with E-state index in [9.17, 15) is 14.4 Å². The number of rotatable bonds is 6. The van der Waals surface area contributed by atoms with Crippen LogP contribution in [-0.2, 0) is 14.3 Å². The Hall–Kier alpha value is -1.74. The van der Waals surface area contributed by atoms with Gasteiger partial charge in [-0.25, -0.2) is 9.59 Å². The van der Waals surface area contributed by atoms with Gasteiger partial charge in [0.05, 0.1) is 24.3 Å². The summed E-state index contributed by atoms with van der Waals surface area (Å²) >= 11 is 0. The molecule has 0 aliphatic carbocycles. The van der Waals surface area contributed by atoms with Gasteiger partial charge in [0.1, 0.15) is 5.78 Å². The van der Waals surface area contributed by atoms with Gasteiger partial charge in [-0.05, 0) is 26.0 Å². The van der Waals surface area contributed by atoms with Crippen molar-refractivity contribution < 1.29 is 23.9 Å². The lowest BCUT2D eigenvalue weighted by Gasteiger charge is -2.07. The molecule has 0 fully saturated rings. The maximum Gasteiger partial charge on any atom is 0.338 e. The van der Waals surface area contributed by atoms with Gasteiger partial charge in [-0.3, -0.25) is 4.79 Å². The van der Waals surface area contributed by atoms with Crippen LogP contribution in [-0.4, -0.2) is 37.1 Å². The molecule has 0 aliphatic rings. The van der Waals surface area contributed by atoms with E-state index in [2.05, 4.69) is 9.24 Å². The van der Waals surface area contributed by atoms with Crippen LogP contribution in [0.4, 0.5) is 0 Å². The zero-order chi connectivity index (χ0) is 17.0. The van der Waals surface area contributed by atoms with Crippen molar-refractivity contribution in [3.63, 3.8) is 0 Å². The minimum absolute atomic E-state index is 0.239. The molecule has 22 heavy (non-hydrogen) atoms. The minimum Gasteiger partial charge on any atom is -0.462 e. The first-order chi connectivity index (χ1) is 10.5. The normalized spacial score (nSPS) is 9.27. The van der Waals surface area contributed by atoms with Gasteiger partial charge < -0.3 is 9.47 Å². The average molecular weight is 326 g/mol. The SMILES string of the molecule is CCC(=O)CP.CCOC(=O)c1ccccc1C(=O)OCC. The topological polar surface area (TPSA) is 69.7 Å². The fraction of sp³-hybridized carbons (Fsp3) is 0.438. The molecule has 0 radical (unpaired) electrons. The molecule has 5 nitrogen and oxygen atoms in total.